The van der Waals surface area contributed by atoms with Crippen LogP contribution in [0.2, 0.25) is 0 Å². The van der Waals surface area contributed by atoms with E-state index in [1.165, 1.54) is 28.7 Å². The van der Waals surface area contributed by atoms with Crippen LogP contribution < -0.4 is 5.32 Å². The molecule has 0 saturated heterocycles. The second-order valence-corrected chi connectivity index (χ2v) is 7.67. The number of ether oxygens (including phenoxy) is 1. The van der Waals surface area contributed by atoms with Gasteiger partial charge in [0.05, 0.1) is 34.7 Å². The number of pyridine rings is 1. The first-order valence-electron chi connectivity index (χ1n) is 9.67. The fourth-order valence-corrected chi connectivity index (χ4v) is 3.67. The van der Waals surface area contributed by atoms with Crippen LogP contribution in [0.25, 0.3) is 16.4 Å². The number of rotatable bonds is 7. The second kappa shape index (κ2) is 9.79. The molecule has 3 aromatic heterocycles. The first kappa shape index (κ1) is 23.0. The zero-order valence-electron chi connectivity index (χ0n) is 17.2. The molecule has 0 aliphatic carbocycles. The van der Waals surface area contributed by atoms with Crippen molar-refractivity contribution in [3.8, 4) is 16.4 Å². The van der Waals surface area contributed by atoms with Gasteiger partial charge in [0.1, 0.15) is 17.7 Å². The maximum Gasteiger partial charge on any atom is 0.416 e. The molecular weight excluding hydrogens is 473 g/mol. The summed E-state index contributed by atoms with van der Waals surface area (Å²) in [5, 5.41) is 8.51. The summed E-state index contributed by atoms with van der Waals surface area (Å²) >= 11 is 1.31. The lowest BCUT2D eigenvalue weighted by Gasteiger charge is -2.14. The SMILES string of the molecule is O=C(COC(=O)Cc1csc(-c2ccccn2)n1)Nc1cc(C(F)(F)F)ccc1-n1cncn1. The summed E-state index contributed by atoms with van der Waals surface area (Å²) in [6.45, 7) is -0.691. The summed E-state index contributed by atoms with van der Waals surface area (Å²) in [4.78, 5) is 36.7. The molecule has 4 aromatic rings. The van der Waals surface area contributed by atoms with Gasteiger partial charge in [-0.3, -0.25) is 14.6 Å². The molecule has 1 amide bonds. The maximum absolute atomic E-state index is 13.1. The number of amides is 1. The number of hydrogen-bond donors (Lipinski definition) is 1. The summed E-state index contributed by atoms with van der Waals surface area (Å²) in [5.74, 6) is -1.53. The molecule has 1 aromatic carbocycles. The zero-order chi connectivity index (χ0) is 24.1. The number of carbonyl (C=O) groups is 2. The number of carbonyl (C=O) groups excluding carboxylic acids is 2. The van der Waals surface area contributed by atoms with E-state index in [2.05, 4.69) is 25.4 Å². The normalized spacial score (nSPS) is 11.3. The fraction of sp³-hybridized carbons (Fsp3) is 0.143. The van der Waals surface area contributed by atoms with Gasteiger partial charge in [0, 0.05) is 11.6 Å². The standard InChI is InChI=1S/C21H15F3N6O3S/c22-21(23,24)13-4-5-17(30-12-25-11-27-30)16(7-13)29-18(31)9-33-19(32)8-14-10-34-20(28-14)15-3-1-2-6-26-15/h1-7,10-12H,8-9H2,(H,29,31). The summed E-state index contributed by atoms with van der Waals surface area (Å²) in [7, 11) is 0. The van der Waals surface area contributed by atoms with Crippen molar-refractivity contribution in [3.05, 3.63) is 71.9 Å². The Balaban J connectivity index is 1.38. The van der Waals surface area contributed by atoms with Crippen LogP contribution >= 0.6 is 11.3 Å². The van der Waals surface area contributed by atoms with Gasteiger partial charge in [-0.05, 0) is 30.3 Å². The van der Waals surface area contributed by atoms with E-state index in [-0.39, 0.29) is 17.8 Å². The third-order valence-electron chi connectivity index (χ3n) is 4.39. The van der Waals surface area contributed by atoms with Gasteiger partial charge in [0.15, 0.2) is 6.61 Å². The largest absolute Gasteiger partial charge is 0.455 e. The molecular formula is C21H15F3N6O3S. The number of aromatic nitrogens is 5. The van der Waals surface area contributed by atoms with Crippen molar-refractivity contribution >= 4 is 28.9 Å². The van der Waals surface area contributed by atoms with E-state index in [1.54, 1.807) is 23.7 Å². The summed E-state index contributed by atoms with van der Waals surface area (Å²) in [6, 6.07) is 8.15. The quantitative estimate of drug-likeness (QED) is 0.396. The molecule has 0 unspecified atom stereocenters. The topological polar surface area (TPSA) is 112 Å². The van der Waals surface area contributed by atoms with Crippen molar-refractivity contribution in [2.24, 2.45) is 0 Å². The Labute approximate surface area is 194 Å². The molecule has 0 spiro atoms. The number of hydrogen-bond acceptors (Lipinski definition) is 8. The third kappa shape index (κ3) is 5.61. The van der Waals surface area contributed by atoms with Crippen LogP contribution in [0.4, 0.5) is 18.9 Å². The highest BCUT2D eigenvalue weighted by Crippen LogP contribution is 2.33. The van der Waals surface area contributed by atoms with Gasteiger partial charge in [0.25, 0.3) is 5.91 Å². The van der Waals surface area contributed by atoms with E-state index < -0.39 is 30.2 Å². The van der Waals surface area contributed by atoms with Crippen LogP contribution in [0, 0.1) is 0 Å². The highest BCUT2D eigenvalue weighted by Gasteiger charge is 2.31. The molecule has 0 atom stereocenters. The van der Waals surface area contributed by atoms with Gasteiger partial charge >= 0.3 is 12.1 Å². The molecule has 0 saturated carbocycles. The molecule has 34 heavy (non-hydrogen) atoms. The van der Waals surface area contributed by atoms with Crippen molar-refractivity contribution < 1.29 is 27.5 Å². The number of thiazole rings is 1. The lowest BCUT2D eigenvalue weighted by molar-refractivity contribution is -0.146. The number of esters is 1. The van der Waals surface area contributed by atoms with E-state index in [9.17, 15) is 22.8 Å². The average molecular weight is 488 g/mol. The Morgan fingerprint density at radius 1 is 1.18 bits per heavy atom. The molecule has 3 heterocycles. The molecule has 1 N–H and O–H groups in total. The van der Waals surface area contributed by atoms with E-state index >= 15 is 0 Å². The molecule has 0 radical (unpaired) electrons. The van der Waals surface area contributed by atoms with Gasteiger partial charge in [0.2, 0.25) is 0 Å². The predicted molar refractivity (Wildman–Crippen MR) is 115 cm³/mol. The van der Waals surface area contributed by atoms with Gasteiger partial charge in [-0.25, -0.2) is 14.6 Å². The number of nitrogens with zero attached hydrogens (tertiary/aromatic N) is 5. The van der Waals surface area contributed by atoms with Crippen LogP contribution in [0.5, 0.6) is 0 Å². The Morgan fingerprint density at radius 3 is 2.74 bits per heavy atom. The van der Waals surface area contributed by atoms with E-state index in [0.29, 0.717) is 16.4 Å². The van der Waals surface area contributed by atoms with Crippen LogP contribution in [0.3, 0.4) is 0 Å². The highest BCUT2D eigenvalue weighted by molar-refractivity contribution is 7.13. The minimum absolute atomic E-state index is 0.162. The number of nitrogens with one attached hydrogen (secondary N) is 1. The fourth-order valence-electron chi connectivity index (χ4n) is 2.87. The monoisotopic (exact) mass is 488 g/mol. The van der Waals surface area contributed by atoms with Crippen molar-refractivity contribution in [2.45, 2.75) is 12.6 Å². The van der Waals surface area contributed by atoms with Crippen molar-refractivity contribution in [3.63, 3.8) is 0 Å². The number of anilines is 1. The summed E-state index contributed by atoms with van der Waals surface area (Å²) in [6.07, 6.45) is -0.699. The Morgan fingerprint density at radius 2 is 2.03 bits per heavy atom. The van der Waals surface area contributed by atoms with E-state index in [0.717, 1.165) is 18.2 Å². The first-order chi connectivity index (χ1) is 16.3. The first-order valence-corrected chi connectivity index (χ1v) is 10.5. The molecule has 13 heteroatoms. The Kier molecular flexibility index (Phi) is 6.63. The van der Waals surface area contributed by atoms with Crippen LogP contribution in [0.1, 0.15) is 11.3 Å². The van der Waals surface area contributed by atoms with Crippen molar-refractivity contribution in [2.75, 3.05) is 11.9 Å². The maximum atomic E-state index is 13.1. The van der Waals surface area contributed by atoms with Gasteiger partial charge in [-0.1, -0.05) is 6.07 Å². The Bertz CT molecular complexity index is 1290. The van der Waals surface area contributed by atoms with Crippen molar-refractivity contribution in [1.29, 1.82) is 0 Å². The van der Waals surface area contributed by atoms with Crippen LogP contribution in [-0.4, -0.2) is 43.2 Å². The minimum Gasteiger partial charge on any atom is -0.455 e. The minimum atomic E-state index is -4.62. The van der Waals surface area contributed by atoms with Crippen LogP contribution in [0.15, 0.2) is 60.6 Å². The summed E-state index contributed by atoms with van der Waals surface area (Å²) in [5.41, 5.74) is 0.143. The van der Waals surface area contributed by atoms with Gasteiger partial charge < -0.3 is 10.1 Å². The highest BCUT2D eigenvalue weighted by atomic mass is 32.1. The molecule has 0 fully saturated rings. The number of alkyl halides is 3. The smallest absolute Gasteiger partial charge is 0.416 e. The second-order valence-electron chi connectivity index (χ2n) is 6.81. The molecule has 0 bridgehead atoms. The number of halogens is 3. The Hall–Kier alpha value is -4.13. The lowest BCUT2D eigenvalue weighted by atomic mass is 10.1. The third-order valence-corrected chi connectivity index (χ3v) is 5.30. The average Bonchev–Trinajstić information content (AvgIpc) is 3.50. The molecule has 9 nitrogen and oxygen atoms in total. The van der Waals surface area contributed by atoms with E-state index in [1.807, 2.05) is 6.07 Å². The zero-order valence-corrected chi connectivity index (χ0v) is 18.0. The van der Waals surface area contributed by atoms with Crippen molar-refractivity contribution in [1.82, 2.24) is 24.7 Å². The molecule has 4 rings (SSSR count). The van der Waals surface area contributed by atoms with E-state index in [4.69, 9.17) is 4.74 Å². The number of benzene rings is 1. The molecule has 0 aliphatic heterocycles. The van der Waals surface area contributed by atoms with Gasteiger partial charge in [-0.15, -0.1) is 11.3 Å². The van der Waals surface area contributed by atoms with Crippen LogP contribution in [-0.2, 0) is 26.9 Å². The molecule has 0 aliphatic rings. The molecule has 174 valence electrons. The predicted octanol–water partition coefficient (Wildman–Crippen LogP) is 3.53. The lowest BCUT2D eigenvalue weighted by Crippen LogP contribution is -2.23. The summed E-state index contributed by atoms with van der Waals surface area (Å²) < 4.78 is 45.5. The van der Waals surface area contributed by atoms with Gasteiger partial charge in [-0.2, -0.15) is 18.3 Å².